The molecule has 0 bridgehead atoms. The topological polar surface area (TPSA) is 79.1 Å². The van der Waals surface area contributed by atoms with Gasteiger partial charge in [0.1, 0.15) is 6.04 Å². The van der Waals surface area contributed by atoms with E-state index in [1.807, 2.05) is 38.1 Å². The van der Waals surface area contributed by atoms with Gasteiger partial charge in [0.05, 0.1) is 35.6 Å². The largest absolute Gasteiger partial charge is 0.493 e. The lowest BCUT2D eigenvalue weighted by molar-refractivity contribution is -0.139. The maximum Gasteiger partial charge on any atom is 0.338 e. The van der Waals surface area contributed by atoms with Crippen LogP contribution in [0.3, 0.4) is 0 Å². The van der Waals surface area contributed by atoms with E-state index < -0.39 is 12.0 Å². The number of ether oxygens (including phenoxy) is 3. The van der Waals surface area contributed by atoms with Crippen LogP contribution in [0, 0.1) is 0 Å². The first-order valence-electron chi connectivity index (χ1n) is 11.5. The molecule has 0 radical (unpaired) electrons. The Morgan fingerprint density at radius 3 is 2.64 bits per heavy atom. The summed E-state index contributed by atoms with van der Waals surface area (Å²) in [7, 11) is 1.57. The fourth-order valence-electron chi connectivity index (χ4n) is 4.09. The van der Waals surface area contributed by atoms with Crippen LogP contribution in [0.25, 0.3) is 6.08 Å². The van der Waals surface area contributed by atoms with Crippen molar-refractivity contribution in [3.63, 3.8) is 0 Å². The molecule has 0 unspecified atom stereocenters. The minimum Gasteiger partial charge on any atom is -0.493 e. The van der Waals surface area contributed by atoms with Crippen molar-refractivity contribution in [2.24, 2.45) is 4.99 Å². The third-order valence-corrected chi connectivity index (χ3v) is 6.91. The van der Waals surface area contributed by atoms with Crippen LogP contribution >= 0.6 is 22.9 Å². The van der Waals surface area contributed by atoms with Crippen molar-refractivity contribution in [2.45, 2.75) is 39.8 Å². The molecule has 0 saturated carbocycles. The summed E-state index contributed by atoms with van der Waals surface area (Å²) in [5, 5.41) is 0.439. The van der Waals surface area contributed by atoms with Gasteiger partial charge in [0.2, 0.25) is 0 Å². The minimum atomic E-state index is -0.771. The number of methoxy groups -OCH3 is 1. The smallest absolute Gasteiger partial charge is 0.338 e. The molecule has 4 rings (SSSR count). The third kappa shape index (κ3) is 4.83. The molecule has 1 aliphatic heterocycles. The first kappa shape index (κ1) is 25.7. The number of hydrogen-bond acceptors (Lipinski definition) is 7. The van der Waals surface area contributed by atoms with Crippen LogP contribution < -0.4 is 24.4 Å². The minimum absolute atomic E-state index is 0.0929. The van der Waals surface area contributed by atoms with E-state index in [2.05, 4.69) is 4.99 Å². The fraction of sp³-hybridized carbons (Fsp3) is 0.296. The van der Waals surface area contributed by atoms with E-state index in [0.717, 1.165) is 0 Å². The molecule has 3 aromatic rings. The molecule has 0 aliphatic carbocycles. The number of para-hydroxylation sites is 1. The fourth-order valence-corrected chi connectivity index (χ4v) is 5.37. The highest BCUT2D eigenvalue weighted by atomic mass is 35.5. The second-order valence-corrected chi connectivity index (χ2v) is 9.79. The van der Waals surface area contributed by atoms with Crippen molar-refractivity contribution < 1.29 is 19.0 Å². The molecule has 2 aromatic carbocycles. The number of thiazole rings is 1. The number of halogens is 1. The lowest BCUT2D eigenvalue weighted by Crippen LogP contribution is -2.40. The second kappa shape index (κ2) is 10.7. The Labute approximate surface area is 217 Å². The van der Waals surface area contributed by atoms with E-state index in [1.165, 1.54) is 15.9 Å². The molecule has 7 nitrogen and oxygen atoms in total. The molecule has 188 valence electrons. The first-order chi connectivity index (χ1) is 17.3. The molecule has 2 heterocycles. The van der Waals surface area contributed by atoms with Gasteiger partial charge in [-0.2, -0.15) is 0 Å². The van der Waals surface area contributed by atoms with Crippen molar-refractivity contribution >= 4 is 35.0 Å². The monoisotopic (exact) mass is 526 g/mol. The van der Waals surface area contributed by atoms with Gasteiger partial charge in [0.25, 0.3) is 5.56 Å². The Morgan fingerprint density at radius 2 is 1.97 bits per heavy atom. The lowest BCUT2D eigenvalue weighted by atomic mass is 9.96. The Bertz CT molecular complexity index is 1520. The summed E-state index contributed by atoms with van der Waals surface area (Å²) in [5.74, 6) is 0.588. The number of nitrogens with zero attached hydrogens (tertiary/aromatic N) is 2. The Hall–Kier alpha value is -3.36. The van der Waals surface area contributed by atoms with Gasteiger partial charge in [-0.1, -0.05) is 53.3 Å². The molecule has 0 spiro atoms. The van der Waals surface area contributed by atoms with Crippen LogP contribution in [-0.4, -0.2) is 30.4 Å². The SMILES string of the molecule is CCOC(=O)C1=C(C)N=c2s/c(=C\c3cccc(OC)c3OC(C)C)c(=O)n2[C@@H]1c1ccccc1Cl. The molecule has 0 amide bonds. The quantitative estimate of drug-likeness (QED) is 0.430. The first-order valence-corrected chi connectivity index (χ1v) is 12.7. The highest BCUT2D eigenvalue weighted by Crippen LogP contribution is 2.35. The molecule has 0 fully saturated rings. The van der Waals surface area contributed by atoms with Gasteiger partial charge >= 0.3 is 5.97 Å². The maximum absolute atomic E-state index is 13.8. The molecule has 9 heteroatoms. The normalized spacial score (nSPS) is 15.5. The summed E-state index contributed by atoms with van der Waals surface area (Å²) in [5.41, 5.74) is 1.79. The Morgan fingerprint density at radius 1 is 1.22 bits per heavy atom. The summed E-state index contributed by atoms with van der Waals surface area (Å²) in [6.45, 7) is 7.52. The standard InChI is InChI=1S/C27H27ClN2O5S/c1-6-34-26(32)22-16(4)29-27-30(23(22)18-11-7-8-12-19(18)28)25(31)21(36-27)14-17-10-9-13-20(33-5)24(17)35-15(2)3/h7-15,23H,6H2,1-5H3/b21-14-/t23-/m1/s1. The number of carbonyl (C=O) groups excluding carboxylic acids is 1. The number of benzene rings is 2. The molecule has 0 saturated heterocycles. The summed E-state index contributed by atoms with van der Waals surface area (Å²) in [4.78, 5) is 31.9. The second-order valence-electron chi connectivity index (χ2n) is 8.37. The number of aromatic nitrogens is 1. The van der Waals surface area contributed by atoms with E-state index in [-0.39, 0.29) is 23.8 Å². The summed E-state index contributed by atoms with van der Waals surface area (Å²) < 4.78 is 18.8. The van der Waals surface area contributed by atoms with E-state index in [4.69, 9.17) is 25.8 Å². The zero-order valence-electron chi connectivity index (χ0n) is 20.7. The Kier molecular flexibility index (Phi) is 7.66. The van der Waals surface area contributed by atoms with Gasteiger partial charge < -0.3 is 14.2 Å². The van der Waals surface area contributed by atoms with Crippen LogP contribution in [0.15, 0.2) is 63.5 Å². The van der Waals surface area contributed by atoms with Crippen LogP contribution in [0.4, 0.5) is 0 Å². The number of esters is 1. The molecular formula is C27H27ClN2O5S. The Balaban J connectivity index is 1.98. The van der Waals surface area contributed by atoms with Crippen molar-refractivity contribution in [3.05, 3.63) is 89.6 Å². The van der Waals surface area contributed by atoms with E-state index >= 15 is 0 Å². The molecule has 0 N–H and O–H groups in total. The molecule has 1 atom stereocenters. The summed E-state index contributed by atoms with van der Waals surface area (Å²) in [6.07, 6.45) is 1.67. The number of rotatable bonds is 7. The summed E-state index contributed by atoms with van der Waals surface area (Å²) in [6, 6.07) is 11.9. The number of fused-ring (bicyclic) bond motifs is 1. The van der Waals surface area contributed by atoms with Gasteiger partial charge in [-0.15, -0.1) is 0 Å². The van der Waals surface area contributed by atoms with Gasteiger partial charge in [-0.3, -0.25) is 9.36 Å². The van der Waals surface area contributed by atoms with Gasteiger partial charge in [0, 0.05) is 10.6 Å². The van der Waals surface area contributed by atoms with Crippen LogP contribution in [0.5, 0.6) is 11.5 Å². The molecule has 36 heavy (non-hydrogen) atoms. The van der Waals surface area contributed by atoms with Crippen LogP contribution in [0.1, 0.15) is 44.9 Å². The van der Waals surface area contributed by atoms with E-state index in [9.17, 15) is 9.59 Å². The average Bonchev–Trinajstić information content (AvgIpc) is 3.14. The number of allylic oxidation sites excluding steroid dienone is 1. The van der Waals surface area contributed by atoms with Gasteiger partial charge in [-0.25, -0.2) is 9.79 Å². The van der Waals surface area contributed by atoms with Gasteiger partial charge in [-0.05, 0) is 51.5 Å². The number of carbonyl (C=O) groups is 1. The highest BCUT2D eigenvalue weighted by molar-refractivity contribution is 7.07. The molecular weight excluding hydrogens is 500 g/mol. The predicted molar refractivity (Wildman–Crippen MR) is 141 cm³/mol. The molecule has 1 aromatic heterocycles. The van der Waals surface area contributed by atoms with Crippen molar-refractivity contribution in [1.82, 2.24) is 4.57 Å². The van der Waals surface area contributed by atoms with Crippen molar-refractivity contribution in [3.8, 4) is 11.5 Å². The maximum atomic E-state index is 13.8. The highest BCUT2D eigenvalue weighted by Gasteiger charge is 2.34. The van der Waals surface area contributed by atoms with Crippen LogP contribution in [0.2, 0.25) is 5.02 Å². The van der Waals surface area contributed by atoms with E-state index in [1.54, 1.807) is 45.2 Å². The summed E-state index contributed by atoms with van der Waals surface area (Å²) >= 11 is 7.79. The predicted octanol–water partition coefficient (Wildman–Crippen LogP) is 4.25. The third-order valence-electron chi connectivity index (χ3n) is 5.59. The molecule has 1 aliphatic rings. The zero-order chi connectivity index (χ0) is 26.0. The van der Waals surface area contributed by atoms with Crippen molar-refractivity contribution in [2.75, 3.05) is 13.7 Å². The van der Waals surface area contributed by atoms with Crippen LogP contribution in [-0.2, 0) is 9.53 Å². The van der Waals surface area contributed by atoms with Gasteiger partial charge in [0.15, 0.2) is 16.3 Å². The van der Waals surface area contributed by atoms with Crippen molar-refractivity contribution in [1.29, 1.82) is 0 Å². The lowest BCUT2D eigenvalue weighted by Gasteiger charge is -2.25. The van der Waals surface area contributed by atoms with E-state index in [0.29, 0.717) is 42.7 Å². The zero-order valence-corrected chi connectivity index (χ0v) is 22.3. The number of hydrogen-bond donors (Lipinski definition) is 0. The average molecular weight is 527 g/mol.